The number of allylic oxidation sites excluding steroid dienone is 4. The van der Waals surface area contributed by atoms with Gasteiger partial charge in [0.15, 0.2) is 5.78 Å². The molecule has 4 saturated carbocycles. The van der Waals surface area contributed by atoms with Crippen molar-refractivity contribution in [2.24, 2.45) is 58.7 Å². The summed E-state index contributed by atoms with van der Waals surface area (Å²) in [6.45, 7) is 9.43. The van der Waals surface area contributed by atoms with Crippen LogP contribution in [0, 0.1) is 58.7 Å². The zero-order valence-corrected chi connectivity index (χ0v) is 17.8. The van der Waals surface area contributed by atoms with Gasteiger partial charge in [-0.1, -0.05) is 45.4 Å². The molecule has 27 heavy (non-hydrogen) atoms. The molecule has 1 heteroatoms. The van der Waals surface area contributed by atoms with Crippen LogP contribution in [0.2, 0.25) is 0 Å². The summed E-state index contributed by atoms with van der Waals surface area (Å²) >= 11 is 0. The van der Waals surface area contributed by atoms with Crippen LogP contribution < -0.4 is 0 Å². The SMILES string of the molecule is CC(C)C(C)C=CC(C)C1CCC2C3=CC(=O)C45C[C@@H]4CCC5C3CCC21. The summed E-state index contributed by atoms with van der Waals surface area (Å²) in [4.78, 5) is 13.1. The van der Waals surface area contributed by atoms with Crippen LogP contribution in [0.1, 0.15) is 72.6 Å². The largest absolute Gasteiger partial charge is 0.294 e. The van der Waals surface area contributed by atoms with E-state index in [4.69, 9.17) is 0 Å². The van der Waals surface area contributed by atoms with Crippen molar-refractivity contribution in [3.8, 4) is 0 Å². The standard InChI is InChI=1S/C26H38O/c1-15(2)16(3)5-6-17(4)19-8-9-21-20(19)10-11-22-23(21)13-25(27)26-14-18(26)7-12-24(22)26/h5-6,13,15-22,24H,7-12,14H2,1-4H3/t16?,17?,18-,19?,20?,21?,22?,24?,26?/m0/s1. The van der Waals surface area contributed by atoms with Gasteiger partial charge in [0, 0.05) is 5.41 Å². The second-order valence-electron chi connectivity index (χ2n) is 11.2. The first-order chi connectivity index (χ1) is 12.9. The van der Waals surface area contributed by atoms with Gasteiger partial charge in [0.05, 0.1) is 0 Å². The Labute approximate surface area is 166 Å². The van der Waals surface area contributed by atoms with Gasteiger partial charge in [0.2, 0.25) is 0 Å². The molecule has 0 heterocycles. The lowest BCUT2D eigenvalue weighted by atomic mass is 9.59. The van der Waals surface area contributed by atoms with E-state index in [9.17, 15) is 4.79 Å². The molecule has 5 rings (SSSR count). The van der Waals surface area contributed by atoms with Crippen molar-refractivity contribution in [2.45, 2.75) is 72.6 Å². The molecule has 5 aliphatic carbocycles. The third kappa shape index (κ3) is 2.59. The minimum atomic E-state index is 0.141. The van der Waals surface area contributed by atoms with Crippen LogP contribution in [0.15, 0.2) is 23.8 Å². The van der Waals surface area contributed by atoms with Gasteiger partial charge in [-0.2, -0.15) is 0 Å². The van der Waals surface area contributed by atoms with E-state index < -0.39 is 0 Å². The smallest absolute Gasteiger partial charge is 0.162 e. The number of carbonyl (C=O) groups excluding carboxylic acids is 1. The highest BCUT2D eigenvalue weighted by Crippen LogP contribution is 2.73. The van der Waals surface area contributed by atoms with Crippen molar-refractivity contribution in [1.29, 1.82) is 0 Å². The van der Waals surface area contributed by atoms with Gasteiger partial charge in [0.25, 0.3) is 0 Å². The number of carbonyl (C=O) groups is 1. The van der Waals surface area contributed by atoms with Crippen molar-refractivity contribution in [3.63, 3.8) is 0 Å². The molecule has 0 aromatic carbocycles. The Morgan fingerprint density at radius 1 is 0.963 bits per heavy atom. The summed E-state index contributed by atoms with van der Waals surface area (Å²) in [6, 6.07) is 0. The molecule has 9 atom stereocenters. The predicted molar refractivity (Wildman–Crippen MR) is 111 cm³/mol. The Balaban J connectivity index is 1.34. The number of hydrogen-bond donors (Lipinski definition) is 0. The van der Waals surface area contributed by atoms with Gasteiger partial charge < -0.3 is 0 Å². The zero-order chi connectivity index (χ0) is 18.9. The molecule has 0 N–H and O–H groups in total. The Kier molecular flexibility index (Phi) is 4.26. The van der Waals surface area contributed by atoms with E-state index >= 15 is 0 Å². The molecule has 0 aliphatic heterocycles. The van der Waals surface area contributed by atoms with Crippen LogP contribution in [-0.4, -0.2) is 5.78 Å². The Bertz CT molecular complexity index is 684. The van der Waals surface area contributed by atoms with Crippen LogP contribution in [0.4, 0.5) is 0 Å². The zero-order valence-electron chi connectivity index (χ0n) is 17.8. The van der Waals surface area contributed by atoms with E-state index in [-0.39, 0.29) is 5.41 Å². The van der Waals surface area contributed by atoms with Gasteiger partial charge in [-0.25, -0.2) is 0 Å². The molecule has 0 aromatic rings. The Hall–Kier alpha value is -0.850. The maximum Gasteiger partial charge on any atom is 0.162 e. The fourth-order valence-electron chi connectivity index (χ4n) is 7.89. The first kappa shape index (κ1) is 18.2. The van der Waals surface area contributed by atoms with Crippen LogP contribution in [0.25, 0.3) is 0 Å². The maximum absolute atomic E-state index is 13.1. The van der Waals surface area contributed by atoms with E-state index in [1.807, 2.05) is 0 Å². The highest BCUT2D eigenvalue weighted by atomic mass is 16.1. The van der Waals surface area contributed by atoms with Crippen molar-refractivity contribution < 1.29 is 4.79 Å². The molecular weight excluding hydrogens is 328 g/mol. The lowest BCUT2D eigenvalue weighted by Crippen LogP contribution is -2.40. The number of rotatable bonds is 4. The fourth-order valence-corrected chi connectivity index (χ4v) is 7.89. The lowest BCUT2D eigenvalue weighted by molar-refractivity contribution is -0.123. The molecule has 0 radical (unpaired) electrons. The van der Waals surface area contributed by atoms with Crippen LogP contribution >= 0.6 is 0 Å². The molecule has 0 amide bonds. The number of fused-ring (bicyclic) bond motifs is 4. The van der Waals surface area contributed by atoms with Crippen LogP contribution in [0.3, 0.4) is 0 Å². The lowest BCUT2D eigenvalue weighted by Gasteiger charge is -2.45. The molecule has 1 nitrogen and oxygen atoms in total. The average Bonchev–Trinajstić information content (AvgIpc) is 3.01. The second kappa shape index (κ2) is 6.33. The highest BCUT2D eigenvalue weighted by molar-refractivity contribution is 5.99. The summed E-state index contributed by atoms with van der Waals surface area (Å²) in [7, 11) is 0. The normalized spacial score (nSPS) is 47.3. The van der Waals surface area contributed by atoms with Gasteiger partial charge in [-0.3, -0.25) is 4.79 Å². The topological polar surface area (TPSA) is 17.1 Å². The summed E-state index contributed by atoms with van der Waals surface area (Å²) in [5.74, 6) is 7.26. The van der Waals surface area contributed by atoms with Crippen molar-refractivity contribution in [1.82, 2.24) is 0 Å². The molecule has 8 unspecified atom stereocenters. The maximum atomic E-state index is 13.1. The van der Waals surface area contributed by atoms with E-state index in [0.717, 1.165) is 41.4 Å². The van der Waals surface area contributed by atoms with Gasteiger partial charge in [-0.05, 0) is 104 Å². The molecule has 0 bridgehead atoms. The monoisotopic (exact) mass is 366 g/mol. The van der Waals surface area contributed by atoms with Gasteiger partial charge in [0.1, 0.15) is 0 Å². The fraction of sp³-hybridized carbons (Fsp3) is 0.808. The van der Waals surface area contributed by atoms with E-state index in [1.54, 1.807) is 5.57 Å². The van der Waals surface area contributed by atoms with E-state index in [1.165, 1.54) is 44.9 Å². The molecular formula is C26H38O. The summed E-state index contributed by atoms with van der Waals surface area (Å²) in [5, 5.41) is 0. The van der Waals surface area contributed by atoms with Crippen molar-refractivity contribution >= 4 is 5.78 Å². The summed E-state index contributed by atoms with van der Waals surface area (Å²) in [6.07, 6.45) is 16.6. The summed E-state index contributed by atoms with van der Waals surface area (Å²) < 4.78 is 0. The number of ketones is 1. The quantitative estimate of drug-likeness (QED) is 0.523. The Morgan fingerprint density at radius 3 is 2.48 bits per heavy atom. The minimum Gasteiger partial charge on any atom is -0.294 e. The molecule has 4 fully saturated rings. The minimum absolute atomic E-state index is 0.141. The highest BCUT2D eigenvalue weighted by Gasteiger charge is 2.70. The van der Waals surface area contributed by atoms with Crippen molar-refractivity contribution in [2.75, 3.05) is 0 Å². The van der Waals surface area contributed by atoms with Gasteiger partial charge >= 0.3 is 0 Å². The van der Waals surface area contributed by atoms with Crippen LogP contribution in [-0.2, 0) is 4.79 Å². The second-order valence-corrected chi connectivity index (χ2v) is 11.2. The van der Waals surface area contributed by atoms with Crippen molar-refractivity contribution in [3.05, 3.63) is 23.8 Å². The average molecular weight is 367 g/mol. The predicted octanol–water partition coefficient (Wildman–Crippen LogP) is 6.45. The molecule has 0 aromatic heterocycles. The molecule has 5 aliphatic rings. The molecule has 0 saturated heterocycles. The Morgan fingerprint density at radius 2 is 1.74 bits per heavy atom. The third-order valence-electron chi connectivity index (χ3n) is 9.87. The molecule has 148 valence electrons. The summed E-state index contributed by atoms with van der Waals surface area (Å²) in [5.41, 5.74) is 1.76. The number of hydrogen-bond acceptors (Lipinski definition) is 1. The first-order valence-electron chi connectivity index (χ1n) is 11.9. The van der Waals surface area contributed by atoms with E-state index in [0.29, 0.717) is 17.6 Å². The third-order valence-corrected chi connectivity index (χ3v) is 9.87. The first-order valence-corrected chi connectivity index (χ1v) is 11.9. The van der Waals surface area contributed by atoms with E-state index in [2.05, 4.69) is 45.9 Å². The van der Waals surface area contributed by atoms with Crippen LogP contribution in [0.5, 0.6) is 0 Å². The van der Waals surface area contributed by atoms with Gasteiger partial charge in [-0.15, -0.1) is 0 Å². The molecule has 1 spiro atoms.